The van der Waals surface area contributed by atoms with Crippen LogP contribution in [0.3, 0.4) is 0 Å². The topological polar surface area (TPSA) is 79.5 Å². The van der Waals surface area contributed by atoms with E-state index in [0.29, 0.717) is 19.4 Å². The molecule has 3 rings (SSSR count). The van der Waals surface area contributed by atoms with E-state index in [9.17, 15) is 9.90 Å². The van der Waals surface area contributed by atoms with Gasteiger partial charge in [0.05, 0.1) is 11.7 Å². The van der Waals surface area contributed by atoms with Crippen molar-refractivity contribution >= 4 is 17.4 Å². The Morgan fingerprint density at radius 3 is 2.90 bits per heavy atom. The normalized spacial score (nSPS) is 21.7. The third-order valence-electron chi connectivity index (χ3n) is 3.83. The summed E-state index contributed by atoms with van der Waals surface area (Å²) in [5.74, 6) is 0. The van der Waals surface area contributed by atoms with Crippen LogP contribution < -0.4 is 5.73 Å². The highest BCUT2D eigenvalue weighted by Crippen LogP contribution is 2.26. The SMILES string of the molecule is N[C@@H]1CCN(C(=O)O)[C@@H]1Cc1csc(-c2ccccc2)n1. The summed E-state index contributed by atoms with van der Waals surface area (Å²) in [6.45, 7) is 0.511. The first-order chi connectivity index (χ1) is 10.1. The first-order valence-electron chi connectivity index (χ1n) is 6.90. The Morgan fingerprint density at radius 2 is 2.19 bits per heavy atom. The van der Waals surface area contributed by atoms with Gasteiger partial charge in [-0.25, -0.2) is 9.78 Å². The van der Waals surface area contributed by atoms with Gasteiger partial charge in [0.2, 0.25) is 0 Å². The molecule has 1 amide bonds. The lowest BCUT2D eigenvalue weighted by atomic mass is 10.1. The number of amides is 1. The van der Waals surface area contributed by atoms with Gasteiger partial charge in [-0.05, 0) is 6.42 Å². The van der Waals surface area contributed by atoms with Crippen LogP contribution in [0.1, 0.15) is 12.1 Å². The van der Waals surface area contributed by atoms with Crippen LogP contribution in [0.5, 0.6) is 0 Å². The van der Waals surface area contributed by atoms with Crippen LogP contribution in [-0.2, 0) is 6.42 Å². The number of carboxylic acid groups (broad SMARTS) is 1. The van der Waals surface area contributed by atoms with Gasteiger partial charge in [0.15, 0.2) is 0 Å². The highest BCUT2D eigenvalue weighted by Gasteiger charge is 2.35. The fraction of sp³-hybridized carbons (Fsp3) is 0.333. The Bertz CT molecular complexity index is 629. The predicted octanol–water partition coefficient (Wildman–Crippen LogP) is 2.43. The maximum Gasteiger partial charge on any atom is 0.407 e. The van der Waals surface area contributed by atoms with Gasteiger partial charge in [-0.1, -0.05) is 30.3 Å². The van der Waals surface area contributed by atoms with Gasteiger partial charge in [0.1, 0.15) is 5.01 Å². The van der Waals surface area contributed by atoms with E-state index in [0.717, 1.165) is 16.3 Å². The zero-order valence-electron chi connectivity index (χ0n) is 11.5. The number of carbonyl (C=O) groups is 1. The van der Waals surface area contributed by atoms with Gasteiger partial charge in [0, 0.05) is 30.0 Å². The summed E-state index contributed by atoms with van der Waals surface area (Å²) in [7, 11) is 0. The minimum Gasteiger partial charge on any atom is -0.465 e. The molecule has 0 unspecified atom stereocenters. The quantitative estimate of drug-likeness (QED) is 0.912. The number of nitrogens with zero attached hydrogens (tertiary/aromatic N) is 2. The van der Waals surface area contributed by atoms with E-state index >= 15 is 0 Å². The van der Waals surface area contributed by atoms with Gasteiger partial charge in [-0.2, -0.15) is 0 Å². The Labute approximate surface area is 127 Å². The van der Waals surface area contributed by atoms with Crippen LogP contribution in [0.15, 0.2) is 35.7 Å². The number of hydrogen-bond donors (Lipinski definition) is 2. The number of nitrogens with two attached hydrogens (primary N) is 1. The summed E-state index contributed by atoms with van der Waals surface area (Å²) in [5.41, 5.74) is 8.04. The van der Waals surface area contributed by atoms with Crippen LogP contribution in [0, 0.1) is 0 Å². The molecule has 1 aliphatic heterocycles. The second kappa shape index (κ2) is 5.83. The minimum atomic E-state index is -0.897. The molecule has 1 fully saturated rings. The third kappa shape index (κ3) is 2.91. The summed E-state index contributed by atoms with van der Waals surface area (Å²) in [6, 6.07) is 9.70. The van der Waals surface area contributed by atoms with Crippen molar-refractivity contribution in [1.29, 1.82) is 0 Å². The maximum atomic E-state index is 11.2. The summed E-state index contributed by atoms with van der Waals surface area (Å²) < 4.78 is 0. The molecule has 1 aromatic carbocycles. The van der Waals surface area contributed by atoms with Crippen molar-refractivity contribution in [3.05, 3.63) is 41.4 Å². The zero-order chi connectivity index (χ0) is 14.8. The lowest BCUT2D eigenvalue weighted by Gasteiger charge is -2.23. The Balaban J connectivity index is 1.76. The van der Waals surface area contributed by atoms with E-state index in [1.54, 1.807) is 11.3 Å². The standard InChI is InChI=1S/C15H17N3O2S/c16-12-6-7-18(15(19)20)13(12)8-11-9-21-14(17-11)10-4-2-1-3-5-10/h1-5,9,12-13H,6-8,16H2,(H,19,20)/t12-,13-/m1/s1. The van der Waals surface area contributed by atoms with Crippen LogP contribution in [0.4, 0.5) is 4.79 Å². The molecule has 21 heavy (non-hydrogen) atoms. The lowest BCUT2D eigenvalue weighted by molar-refractivity contribution is 0.138. The minimum absolute atomic E-state index is 0.108. The molecule has 0 aliphatic carbocycles. The molecule has 0 radical (unpaired) electrons. The first-order valence-corrected chi connectivity index (χ1v) is 7.78. The number of rotatable bonds is 3. The molecule has 1 aromatic heterocycles. The second-order valence-electron chi connectivity index (χ2n) is 5.21. The average molecular weight is 303 g/mol. The third-order valence-corrected chi connectivity index (χ3v) is 4.77. The van der Waals surface area contributed by atoms with Crippen LogP contribution in [0.2, 0.25) is 0 Å². The van der Waals surface area contributed by atoms with E-state index in [1.165, 1.54) is 4.90 Å². The van der Waals surface area contributed by atoms with Gasteiger partial charge in [0.25, 0.3) is 0 Å². The molecular formula is C15H17N3O2S. The fourth-order valence-electron chi connectivity index (χ4n) is 2.70. The van der Waals surface area contributed by atoms with Gasteiger partial charge < -0.3 is 15.7 Å². The highest BCUT2D eigenvalue weighted by atomic mass is 32.1. The molecule has 2 heterocycles. The number of likely N-dealkylation sites (tertiary alicyclic amines) is 1. The molecular weight excluding hydrogens is 286 g/mol. The van der Waals surface area contributed by atoms with E-state index in [2.05, 4.69) is 4.98 Å². The van der Waals surface area contributed by atoms with Crippen molar-refractivity contribution < 1.29 is 9.90 Å². The van der Waals surface area contributed by atoms with Gasteiger partial charge in [-0.15, -0.1) is 11.3 Å². The van der Waals surface area contributed by atoms with E-state index in [-0.39, 0.29) is 12.1 Å². The molecule has 0 spiro atoms. The Hall–Kier alpha value is -1.92. The molecule has 110 valence electrons. The van der Waals surface area contributed by atoms with Gasteiger partial charge in [-0.3, -0.25) is 0 Å². The molecule has 0 saturated carbocycles. The van der Waals surface area contributed by atoms with Crippen molar-refractivity contribution in [2.24, 2.45) is 5.73 Å². The molecule has 2 atom stereocenters. The Morgan fingerprint density at radius 1 is 1.43 bits per heavy atom. The van der Waals surface area contributed by atoms with Crippen molar-refractivity contribution in [3.63, 3.8) is 0 Å². The molecule has 1 aliphatic rings. The summed E-state index contributed by atoms with van der Waals surface area (Å²) in [5, 5.41) is 12.2. The van der Waals surface area contributed by atoms with Crippen LogP contribution in [0.25, 0.3) is 10.6 Å². The van der Waals surface area contributed by atoms with Crippen molar-refractivity contribution in [1.82, 2.24) is 9.88 Å². The number of aromatic nitrogens is 1. The number of hydrogen-bond acceptors (Lipinski definition) is 4. The van der Waals surface area contributed by atoms with Crippen molar-refractivity contribution in [2.45, 2.75) is 24.9 Å². The van der Waals surface area contributed by atoms with E-state index in [1.807, 2.05) is 35.7 Å². The smallest absolute Gasteiger partial charge is 0.407 e. The van der Waals surface area contributed by atoms with Crippen LogP contribution >= 0.6 is 11.3 Å². The van der Waals surface area contributed by atoms with Gasteiger partial charge >= 0.3 is 6.09 Å². The van der Waals surface area contributed by atoms with E-state index < -0.39 is 6.09 Å². The monoisotopic (exact) mass is 303 g/mol. The Kier molecular flexibility index (Phi) is 3.90. The number of benzene rings is 1. The molecule has 2 aromatic rings. The number of thiazole rings is 1. The summed E-state index contributed by atoms with van der Waals surface area (Å²) >= 11 is 1.58. The summed E-state index contributed by atoms with van der Waals surface area (Å²) in [6.07, 6.45) is 0.398. The van der Waals surface area contributed by atoms with Crippen LogP contribution in [-0.4, -0.2) is 39.7 Å². The van der Waals surface area contributed by atoms with E-state index in [4.69, 9.17) is 5.73 Å². The molecule has 6 heteroatoms. The molecule has 5 nitrogen and oxygen atoms in total. The maximum absolute atomic E-state index is 11.2. The highest BCUT2D eigenvalue weighted by molar-refractivity contribution is 7.13. The molecule has 1 saturated heterocycles. The van der Waals surface area contributed by atoms with Crippen molar-refractivity contribution in [2.75, 3.05) is 6.54 Å². The molecule has 3 N–H and O–H groups in total. The summed E-state index contributed by atoms with van der Waals surface area (Å²) in [4.78, 5) is 17.3. The largest absolute Gasteiger partial charge is 0.465 e. The average Bonchev–Trinajstić information content (AvgIpc) is 3.08. The lowest BCUT2D eigenvalue weighted by Crippen LogP contribution is -2.43. The molecule has 0 bridgehead atoms. The first kappa shape index (κ1) is 14.0. The zero-order valence-corrected chi connectivity index (χ0v) is 12.3. The second-order valence-corrected chi connectivity index (χ2v) is 6.07. The fourth-order valence-corrected chi connectivity index (χ4v) is 3.54. The van der Waals surface area contributed by atoms with Crippen molar-refractivity contribution in [3.8, 4) is 10.6 Å². The predicted molar refractivity (Wildman–Crippen MR) is 82.4 cm³/mol.